The molecule has 0 bridgehead atoms. The third-order valence-corrected chi connectivity index (χ3v) is 7.54. The van der Waals surface area contributed by atoms with Gasteiger partial charge in [0.1, 0.15) is 22.8 Å². The summed E-state index contributed by atoms with van der Waals surface area (Å²) < 4.78 is 80.9. The highest BCUT2D eigenvalue weighted by molar-refractivity contribution is 6.10. The molecular formula is C29H24F5N5O2. The van der Waals surface area contributed by atoms with Gasteiger partial charge in [-0.2, -0.15) is 13.2 Å². The number of hydrogen-bond donors (Lipinski definition) is 1. The zero-order valence-electron chi connectivity index (χ0n) is 22.0. The van der Waals surface area contributed by atoms with Crippen LogP contribution in [0.1, 0.15) is 27.2 Å². The number of rotatable bonds is 5. The second-order valence-electron chi connectivity index (χ2n) is 9.99. The summed E-state index contributed by atoms with van der Waals surface area (Å²) in [7, 11) is 3.22. The van der Waals surface area contributed by atoms with E-state index in [1.54, 1.807) is 40.9 Å². The largest absolute Gasteiger partial charge is 0.417 e. The summed E-state index contributed by atoms with van der Waals surface area (Å²) in [6.45, 7) is 0.940. The Morgan fingerprint density at radius 2 is 1.88 bits per heavy atom. The third kappa shape index (κ3) is 4.21. The summed E-state index contributed by atoms with van der Waals surface area (Å²) in [5.74, 6) is -2.85. The van der Waals surface area contributed by atoms with Gasteiger partial charge in [0, 0.05) is 50.1 Å². The van der Waals surface area contributed by atoms with Crippen LogP contribution in [0.3, 0.4) is 0 Å². The Morgan fingerprint density at radius 3 is 2.56 bits per heavy atom. The van der Waals surface area contributed by atoms with Gasteiger partial charge in [0.15, 0.2) is 0 Å². The Kier molecular flexibility index (Phi) is 6.25. The highest BCUT2D eigenvalue weighted by atomic mass is 19.4. The molecule has 1 aliphatic rings. The van der Waals surface area contributed by atoms with Crippen LogP contribution in [0.25, 0.3) is 27.7 Å². The average molecular weight is 570 g/mol. The fourth-order valence-corrected chi connectivity index (χ4v) is 5.59. The number of carbonyl (C=O) groups is 1. The molecule has 0 atom stereocenters. The molecule has 5 aromatic rings. The maximum atomic E-state index is 14.8. The number of imidazole rings is 1. The standard InChI is InChI=1S/C29H24F5N5O2/c1-37-7-5-15-12-22(28(40)16-10-19(30)24(35)20(31)11-16)39-6-3-4-17(26(15)39)23-18(29(32,33)34)13-21-25(27(23)37)36-14-38(21)8-9-41-2/h3-4,6,10-14H,5,7-9,35H2,1-2H3. The van der Waals surface area contributed by atoms with Crippen LogP contribution < -0.4 is 10.6 Å². The summed E-state index contributed by atoms with van der Waals surface area (Å²) in [5.41, 5.74) is 5.90. The van der Waals surface area contributed by atoms with Crippen LogP contribution in [0.5, 0.6) is 0 Å². The molecular weight excluding hydrogens is 545 g/mol. The van der Waals surface area contributed by atoms with Crippen molar-refractivity contribution in [3.63, 3.8) is 0 Å². The van der Waals surface area contributed by atoms with Gasteiger partial charge in [-0.25, -0.2) is 13.8 Å². The van der Waals surface area contributed by atoms with E-state index >= 15 is 0 Å². The number of pyridine rings is 1. The lowest BCUT2D eigenvalue weighted by atomic mass is 9.92. The van der Waals surface area contributed by atoms with Crippen molar-refractivity contribution in [1.82, 2.24) is 14.0 Å². The van der Waals surface area contributed by atoms with Crippen molar-refractivity contribution >= 4 is 33.7 Å². The van der Waals surface area contributed by atoms with Crippen molar-refractivity contribution in [3.8, 4) is 11.1 Å². The molecule has 7 nitrogen and oxygen atoms in total. The van der Waals surface area contributed by atoms with Gasteiger partial charge in [-0.05, 0) is 42.3 Å². The molecule has 4 heterocycles. The monoisotopic (exact) mass is 569 g/mol. The molecule has 41 heavy (non-hydrogen) atoms. The number of halogens is 5. The zero-order valence-corrected chi connectivity index (χ0v) is 22.0. The van der Waals surface area contributed by atoms with Crippen molar-refractivity contribution in [2.24, 2.45) is 0 Å². The summed E-state index contributed by atoms with van der Waals surface area (Å²) in [6.07, 6.45) is -1.28. The zero-order chi connectivity index (χ0) is 29.2. The Hall–Kier alpha value is -4.45. The molecule has 2 N–H and O–H groups in total. The predicted octanol–water partition coefficient (Wildman–Crippen LogP) is 5.70. The van der Waals surface area contributed by atoms with Crippen LogP contribution >= 0.6 is 0 Å². The van der Waals surface area contributed by atoms with Crippen LogP contribution in [0, 0.1) is 11.6 Å². The summed E-state index contributed by atoms with van der Waals surface area (Å²) in [6, 6.07) is 7.49. The Morgan fingerprint density at radius 1 is 1.15 bits per heavy atom. The minimum absolute atomic E-state index is 0.0577. The van der Waals surface area contributed by atoms with Gasteiger partial charge in [0.2, 0.25) is 5.78 Å². The fourth-order valence-electron chi connectivity index (χ4n) is 5.59. The topological polar surface area (TPSA) is 77.8 Å². The number of nitrogens with zero attached hydrogens (tertiary/aromatic N) is 4. The first kappa shape index (κ1) is 26.8. The van der Waals surface area contributed by atoms with Crippen molar-refractivity contribution in [1.29, 1.82) is 0 Å². The molecule has 0 saturated carbocycles. The highest BCUT2D eigenvalue weighted by Crippen LogP contribution is 2.48. The number of hydrogen-bond acceptors (Lipinski definition) is 5. The molecule has 0 saturated heterocycles. The normalized spacial score (nSPS) is 13.5. The molecule has 0 aliphatic carbocycles. The van der Waals surface area contributed by atoms with Crippen molar-refractivity contribution in [2.75, 3.05) is 37.9 Å². The Labute approximate surface area is 230 Å². The lowest BCUT2D eigenvalue weighted by Gasteiger charge is -2.28. The molecule has 3 aromatic heterocycles. The molecule has 6 rings (SSSR count). The number of nitrogens with two attached hydrogens (primary N) is 1. The molecule has 1 aliphatic heterocycles. The van der Waals surface area contributed by atoms with Gasteiger partial charge in [0.05, 0.1) is 40.9 Å². The van der Waals surface area contributed by atoms with E-state index in [-0.39, 0.29) is 22.4 Å². The predicted molar refractivity (Wildman–Crippen MR) is 144 cm³/mol. The number of benzene rings is 2. The van der Waals surface area contributed by atoms with Gasteiger partial charge in [-0.3, -0.25) is 4.79 Å². The molecule has 0 spiro atoms. The van der Waals surface area contributed by atoms with Crippen LogP contribution in [0.15, 0.2) is 48.9 Å². The van der Waals surface area contributed by atoms with E-state index in [1.807, 2.05) is 0 Å². The van der Waals surface area contributed by atoms with Crippen LogP contribution in [0.2, 0.25) is 0 Å². The quantitative estimate of drug-likeness (QED) is 0.167. The minimum Gasteiger partial charge on any atom is -0.394 e. The number of carbonyl (C=O) groups excluding carboxylic acids is 1. The second kappa shape index (κ2) is 9.58. The number of ether oxygens (including phenoxy) is 1. The van der Waals surface area contributed by atoms with Crippen molar-refractivity contribution in [3.05, 3.63) is 82.9 Å². The molecule has 0 radical (unpaired) electrons. The molecule has 12 heteroatoms. The van der Waals surface area contributed by atoms with Gasteiger partial charge in [-0.15, -0.1) is 0 Å². The van der Waals surface area contributed by atoms with E-state index in [0.717, 1.165) is 18.2 Å². The molecule has 0 fully saturated rings. The fraction of sp³-hybridized carbons (Fsp3) is 0.241. The first-order valence-electron chi connectivity index (χ1n) is 12.7. The number of ketones is 1. The lowest BCUT2D eigenvalue weighted by Crippen LogP contribution is -2.24. The second-order valence-corrected chi connectivity index (χ2v) is 9.99. The summed E-state index contributed by atoms with van der Waals surface area (Å²) in [5, 5.41) is 0. The van der Waals surface area contributed by atoms with Crippen molar-refractivity contribution < 1.29 is 31.5 Å². The molecule has 0 amide bonds. The summed E-state index contributed by atoms with van der Waals surface area (Å²) in [4.78, 5) is 19.7. The number of likely N-dealkylation sites (N-methyl/N-ethyl adjacent to an activating group) is 1. The van der Waals surface area contributed by atoms with Crippen LogP contribution in [-0.2, 0) is 23.9 Å². The van der Waals surface area contributed by atoms with Gasteiger partial charge < -0.3 is 24.3 Å². The number of methoxy groups -OCH3 is 1. The maximum Gasteiger partial charge on any atom is 0.417 e. The van der Waals surface area contributed by atoms with E-state index in [9.17, 15) is 26.7 Å². The lowest BCUT2D eigenvalue weighted by molar-refractivity contribution is -0.137. The number of fused-ring (bicyclic) bond motifs is 4. The summed E-state index contributed by atoms with van der Waals surface area (Å²) >= 11 is 0. The van der Waals surface area contributed by atoms with E-state index in [1.165, 1.54) is 17.8 Å². The van der Waals surface area contributed by atoms with E-state index in [4.69, 9.17) is 10.5 Å². The Bertz CT molecular complexity index is 1830. The molecule has 212 valence electrons. The first-order valence-corrected chi connectivity index (χ1v) is 12.7. The number of alkyl halides is 3. The first-order chi connectivity index (χ1) is 19.5. The van der Waals surface area contributed by atoms with Gasteiger partial charge in [-0.1, -0.05) is 6.07 Å². The van der Waals surface area contributed by atoms with E-state index in [2.05, 4.69) is 4.98 Å². The molecule has 2 aromatic carbocycles. The highest BCUT2D eigenvalue weighted by Gasteiger charge is 2.39. The van der Waals surface area contributed by atoms with Gasteiger partial charge >= 0.3 is 6.18 Å². The average Bonchev–Trinajstić information content (AvgIpc) is 3.51. The number of anilines is 2. The minimum atomic E-state index is -4.72. The van der Waals surface area contributed by atoms with Crippen LogP contribution in [-0.4, -0.2) is 47.0 Å². The van der Waals surface area contributed by atoms with E-state index in [0.29, 0.717) is 53.9 Å². The number of nitrogen functional groups attached to an aromatic ring is 1. The van der Waals surface area contributed by atoms with Crippen LogP contribution in [0.4, 0.5) is 33.3 Å². The van der Waals surface area contributed by atoms with Gasteiger partial charge in [0.25, 0.3) is 0 Å². The smallest absolute Gasteiger partial charge is 0.394 e. The SMILES string of the molecule is COCCn1cnc2c3c(c(C(F)(F)F)cc21)-c1cccn2c(C(=O)c4cc(F)c(N)c(F)c4)cc(c12)CCN3C. The number of aromatic nitrogens is 3. The Balaban J connectivity index is 1.65. The van der Waals surface area contributed by atoms with Crippen molar-refractivity contribution in [2.45, 2.75) is 19.1 Å². The third-order valence-electron chi connectivity index (χ3n) is 7.54. The maximum absolute atomic E-state index is 14.8. The molecule has 0 unspecified atom stereocenters. The van der Waals surface area contributed by atoms with E-state index < -0.39 is 34.8 Å².